The summed E-state index contributed by atoms with van der Waals surface area (Å²) in [4.78, 5) is 4.37. The lowest BCUT2D eigenvalue weighted by Gasteiger charge is -2.19. The maximum atomic E-state index is 5.45. The molecule has 2 aliphatic carbocycles. The molecule has 2 saturated carbocycles. The average molecular weight is 345 g/mol. The topological polar surface area (TPSA) is 54.9 Å². The van der Waals surface area contributed by atoms with Crippen molar-refractivity contribution in [2.24, 2.45) is 22.7 Å². The second kappa shape index (κ2) is 8.45. The number of rotatable bonds is 9. The Morgan fingerprint density at radius 1 is 1.12 bits per heavy atom. The Bertz CT molecular complexity index is 583. The average Bonchev–Trinajstić information content (AvgIpc) is 3.54. The third kappa shape index (κ3) is 5.03. The van der Waals surface area contributed by atoms with E-state index in [2.05, 4.69) is 15.6 Å². The monoisotopic (exact) mass is 345 g/mol. The SMILES string of the molecule is CN=C(NCCc1cc(OC)ccc1OC)NCC(C1CC1)C1CC1. The van der Waals surface area contributed by atoms with Gasteiger partial charge in [0.2, 0.25) is 0 Å². The molecule has 0 aliphatic heterocycles. The molecule has 0 amide bonds. The molecule has 1 aromatic rings. The molecule has 0 aromatic heterocycles. The molecule has 2 aliphatic rings. The number of ether oxygens (including phenoxy) is 2. The molecule has 25 heavy (non-hydrogen) atoms. The maximum Gasteiger partial charge on any atom is 0.190 e. The third-order valence-electron chi connectivity index (χ3n) is 5.36. The fourth-order valence-corrected chi connectivity index (χ4v) is 3.59. The van der Waals surface area contributed by atoms with Crippen molar-refractivity contribution in [3.63, 3.8) is 0 Å². The van der Waals surface area contributed by atoms with Gasteiger partial charge in [0.1, 0.15) is 11.5 Å². The summed E-state index contributed by atoms with van der Waals surface area (Å²) in [6.07, 6.45) is 6.54. The first kappa shape index (κ1) is 17.9. The quantitative estimate of drug-likeness (QED) is 0.534. The van der Waals surface area contributed by atoms with Gasteiger partial charge in [-0.15, -0.1) is 0 Å². The van der Waals surface area contributed by atoms with Gasteiger partial charge in [0.25, 0.3) is 0 Å². The number of aliphatic imine (C=N–C) groups is 1. The predicted octanol–water partition coefficient (Wildman–Crippen LogP) is 2.85. The fraction of sp³-hybridized carbons (Fsp3) is 0.650. The van der Waals surface area contributed by atoms with Crippen LogP contribution in [0.5, 0.6) is 11.5 Å². The van der Waals surface area contributed by atoms with Gasteiger partial charge in [-0.25, -0.2) is 0 Å². The van der Waals surface area contributed by atoms with E-state index in [1.807, 2.05) is 25.2 Å². The highest BCUT2D eigenvalue weighted by Crippen LogP contribution is 2.48. The highest BCUT2D eigenvalue weighted by Gasteiger charge is 2.41. The number of hydrogen-bond donors (Lipinski definition) is 2. The number of methoxy groups -OCH3 is 2. The first-order valence-corrected chi connectivity index (χ1v) is 9.40. The van der Waals surface area contributed by atoms with Gasteiger partial charge in [0, 0.05) is 20.1 Å². The van der Waals surface area contributed by atoms with Crippen LogP contribution in [-0.4, -0.2) is 40.3 Å². The van der Waals surface area contributed by atoms with Crippen molar-refractivity contribution in [2.45, 2.75) is 32.1 Å². The number of hydrogen-bond acceptors (Lipinski definition) is 3. The van der Waals surface area contributed by atoms with Crippen LogP contribution in [0.15, 0.2) is 23.2 Å². The van der Waals surface area contributed by atoms with E-state index in [9.17, 15) is 0 Å². The van der Waals surface area contributed by atoms with E-state index < -0.39 is 0 Å². The summed E-state index contributed by atoms with van der Waals surface area (Å²) in [5.74, 6) is 5.41. The van der Waals surface area contributed by atoms with Gasteiger partial charge < -0.3 is 20.1 Å². The molecule has 0 spiro atoms. The first-order chi connectivity index (χ1) is 12.2. The van der Waals surface area contributed by atoms with Crippen LogP contribution in [0.25, 0.3) is 0 Å². The number of nitrogens with zero attached hydrogens (tertiary/aromatic N) is 1. The Morgan fingerprint density at radius 2 is 1.84 bits per heavy atom. The summed E-state index contributed by atoms with van der Waals surface area (Å²) < 4.78 is 10.8. The summed E-state index contributed by atoms with van der Waals surface area (Å²) in [5.41, 5.74) is 1.14. The van der Waals surface area contributed by atoms with Crippen LogP contribution in [-0.2, 0) is 6.42 Å². The third-order valence-corrected chi connectivity index (χ3v) is 5.36. The highest BCUT2D eigenvalue weighted by atomic mass is 16.5. The molecule has 2 fully saturated rings. The fourth-order valence-electron chi connectivity index (χ4n) is 3.59. The minimum absolute atomic E-state index is 0.806. The zero-order valence-electron chi connectivity index (χ0n) is 15.7. The van der Waals surface area contributed by atoms with Gasteiger partial charge in [0.05, 0.1) is 14.2 Å². The van der Waals surface area contributed by atoms with Crippen molar-refractivity contribution in [1.82, 2.24) is 10.6 Å². The van der Waals surface area contributed by atoms with Gasteiger partial charge in [-0.2, -0.15) is 0 Å². The van der Waals surface area contributed by atoms with Gasteiger partial charge in [-0.3, -0.25) is 4.99 Å². The Balaban J connectivity index is 1.46. The highest BCUT2D eigenvalue weighted by molar-refractivity contribution is 5.79. The van der Waals surface area contributed by atoms with Crippen LogP contribution in [0.4, 0.5) is 0 Å². The first-order valence-electron chi connectivity index (χ1n) is 9.40. The molecule has 0 bridgehead atoms. The molecule has 2 N–H and O–H groups in total. The lowest BCUT2D eigenvalue weighted by atomic mass is 9.98. The van der Waals surface area contributed by atoms with E-state index in [1.54, 1.807) is 14.2 Å². The van der Waals surface area contributed by atoms with Gasteiger partial charge >= 0.3 is 0 Å². The summed E-state index contributed by atoms with van der Waals surface area (Å²) in [7, 11) is 5.23. The predicted molar refractivity (Wildman–Crippen MR) is 102 cm³/mol. The largest absolute Gasteiger partial charge is 0.497 e. The van der Waals surface area contributed by atoms with Gasteiger partial charge in [0.15, 0.2) is 5.96 Å². The Labute approximate surface area is 151 Å². The molecule has 0 unspecified atom stereocenters. The molecule has 3 rings (SSSR count). The van der Waals surface area contributed by atoms with Crippen molar-refractivity contribution in [1.29, 1.82) is 0 Å². The van der Waals surface area contributed by atoms with Gasteiger partial charge in [-0.05, 0) is 73.6 Å². The van der Waals surface area contributed by atoms with E-state index >= 15 is 0 Å². The van der Waals surface area contributed by atoms with Crippen molar-refractivity contribution >= 4 is 5.96 Å². The smallest absolute Gasteiger partial charge is 0.190 e. The van der Waals surface area contributed by atoms with Crippen LogP contribution in [0.1, 0.15) is 31.2 Å². The molecule has 1 aromatic carbocycles. The maximum absolute atomic E-state index is 5.45. The van der Waals surface area contributed by atoms with Crippen molar-refractivity contribution in [3.05, 3.63) is 23.8 Å². The number of guanidine groups is 1. The molecule has 0 saturated heterocycles. The van der Waals surface area contributed by atoms with E-state index in [0.717, 1.165) is 60.3 Å². The lowest BCUT2D eigenvalue weighted by Crippen LogP contribution is -2.41. The van der Waals surface area contributed by atoms with Crippen LogP contribution >= 0.6 is 0 Å². The molecule has 138 valence electrons. The van der Waals surface area contributed by atoms with Gasteiger partial charge in [-0.1, -0.05) is 0 Å². The van der Waals surface area contributed by atoms with Crippen LogP contribution in [0.2, 0.25) is 0 Å². The van der Waals surface area contributed by atoms with Crippen molar-refractivity contribution in [3.8, 4) is 11.5 Å². The molecular formula is C20H31N3O2. The summed E-state index contributed by atoms with van der Waals surface area (Å²) in [5, 5.41) is 6.96. The van der Waals surface area contributed by atoms with E-state index in [4.69, 9.17) is 9.47 Å². The van der Waals surface area contributed by atoms with E-state index in [-0.39, 0.29) is 0 Å². The Hall–Kier alpha value is -1.91. The second-order valence-electron chi connectivity index (χ2n) is 7.15. The Morgan fingerprint density at radius 3 is 2.40 bits per heavy atom. The minimum Gasteiger partial charge on any atom is -0.497 e. The van der Waals surface area contributed by atoms with E-state index in [1.165, 1.54) is 25.7 Å². The molecule has 0 atom stereocenters. The normalized spacial score (nSPS) is 17.5. The molecule has 5 heteroatoms. The lowest BCUT2D eigenvalue weighted by molar-refractivity contribution is 0.398. The summed E-state index contributed by atoms with van der Waals surface area (Å²) >= 11 is 0. The van der Waals surface area contributed by atoms with Crippen LogP contribution in [0, 0.1) is 17.8 Å². The molecule has 0 radical (unpaired) electrons. The summed E-state index contributed by atoms with van der Waals surface area (Å²) in [6, 6.07) is 5.91. The van der Waals surface area contributed by atoms with E-state index in [0.29, 0.717) is 0 Å². The van der Waals surface area contributed by atoms with Crippen LogP contribution < -0.4 is 20.1 Å². The van der Waals surface area contributed by atoms with Crippen LogP contribution in [0.3, 0.4) is 0 Å². The summed E-state index contributed by atoms with van der Waals surface area (Å²) in [6.45, 7) is 1.86. The Kier molecular flexibility index (Phi) is 6.05. The second-order valence-corrected chi connectivity index (χ2v) is 7.15. The molecule has 0 heterocycles. The van der Waals surface area contributed by atoms with Crippen molar-refractivity contribution < 1.29 is 9.47 Å². The zero-order valence-corrected chi connectivity index (χ0v) is 15.7. The van der Waals surface area contributed by atoms with Crippen molar-refractivity contribution in [2.75, 3.05) is 34.4 Å². The number of benzene rings is 1. The molecule has 5 nitrogen and oxygen atoms in total. The standard InChI is InChI=1S/C20H31N3O2/c1-21-20(23-13-18(14-4-5-14)15-6-7-15)22-11-10-16-12-17(24-2)8-9-19(16)25-3/h8-9,12,14-15,18H,4-7,10-11,13H2,1-3H3,(H2,21,22,23). The minimum atomic E-state index is 0.806. The zero-order chi connectivity index (χ0) is 17.6. The number of nitrogens with one attached hydrogen (secondary N) is 2. The molecular weight excluding hydrogens is 314 g/mol.